The molecular weight excluding hydrogens is 368 g/mol. The van der Waals surface area contributed by atoms with Crippen molar-refractivity contribution in [1.29, 1.82) is 0 Å². The second-order valence-corrected chi connectivity index (χ2v) is 6.74. The summed E-state index contributed by atoms with van der Waals surface area (Å²) in [6.45, 7) is 0.787. The molecule has 4 atom stereocenters. The predicted molar refractivity (Wildman–Crippen MR) is 101 cm³/mol. The lowest BCUT2D eigenvalue weighted by molar-refractivity contribution is -0.274. The average Bonchev–Trinajstić information content (AvgIpc) is 2.71. The van der Waals surface area contributed by atoms with Gasteiger partial charge >= 0.3 is 0 Å². The Morgan fingerprint density at radius 1 is 1.00 bits per heavy atom. The molecule has 6 heteroatoms. The first-order chi connectivity index (χ1) is 13.2. The van der Waals surface area contributed by atoms with E-state index >= 15 is 0 Å². The quantitative estimate of drug-likeness (QED) is 0.643. The molecule has 1 heterocycles. The van der Waals surface area contributed by atoms with E-state index in [9.17, 15) is 4.79 Å². The van der Waals surface area contributed by atoms with Crippen molar-refractivity contribution in [2.45, 2.75) is 44.2 Å². The Bertz CT molecular complexity index is 709. The van der Waals surface area contributed by atoms with Crippen LogP contribution in [-0.2, 0) is 37.0 Å². The highest BCUT2D eigenvalue weighted by atomic mass is 35.5. The fourth-order valence-electron chi connectivity index (χ4n) is 3.04. The highest BCUT2D eigenvalue weighted by Crippen LogP contribution is 2.28. The minimum Gasteiger partial charge on any atom is -0.371 e. The SMILES string of the molecule is CO[C@H]1O[C@H](C(=O)Cl)C[C@H](OCc2ccccc2)[C@H]1OCc1ccccc1. The molecule has 27 heavy (non-hydrogen) atoms. The number of benzene rings is 2. The Morgan fingerprint density at radius 2 is 1.56 bits per heavy atom. The zero-order valence-corrected chi connectivity index (χ0v) is 15.9. The molecular formula is C21H23ClO5. The standard InChI is InChI=1S/C21H23ClO5/c1-24-21-19(26-14-16-10-6-3-7-11-16)17(12-18(27-21)20(22)23)25-13-15-8-4-2-5-9-15/h2-11,17-19,21H,12-14H2,1H3/t17-,18-,19+,21-/m0/s1. The van der Waals surface area contributed by atoms with Gasteiger partial charge in [-0.05, 0) is 22.7 Å². The van der Waals surface area contributed by atoms with Gasteiger partial charge in [-0.1, -0.05) is 60.7 Å². The molecule has 0 spiro atoms. The van der Waals surface area contributed by atoms with Crippen LogP contribution in [0.4, 0.5) is 0 Å². The summed E-state index contributed by atoms with van der Waals surface area (Å²) in [5.41, 5.74) is 2.07. The van der Waals surface area contributed by atoms with Gasteiger partial charge in [-0.2, -0.15) is 0 Å². The van der Waals surface area contributed by atoms with E-state index in [0.717, 1.165) is 11.1 Å². The van der Waals surface area contributed by atoms with Gasteiger partial charge < -0.3 is 18.9 Å². The fraction of sp³-hybridized carbons (Fsp3) is 0.381. The van der Waals surface area contributed by atoms with Gasteiger partial charge in [-0.3, -0.25) is 4.79 Å². The Morgan fingerprint density at radius 3 is 2.07 bits per heavy atom. The van der Waals surface area contributed by atoms with Gasteiger partial charge in [0.05, 0.1) is 19.3 Å². The molecule has 144 valence electrons. The van der Waals surface area contributed by atoms with Crippen molar-refractivity contribution in [3.05, 3.63) is 71.8 Å². The van der Waals surface area contributed by atoms with Crippen LogP contribution in [0.2, 0.25) is 0 Å². The van der Waals surface area contributed by atoms with Gasteiger partial charge in [0.25, 0.3) is 5.24 Å². The van der Waals surface area contributed by atoms with Gasteiger partial charge in [-0.15, -0.1) is 0 Å². The number of rotatable bonds is 8. The maximum Gasteiger partial charge on any atom is 0.250 e. The summed E-state index contributed by atoms with van der Waals surface area (Å²) in [6, 6.07) is 19.6. The molecule has 2 aromatic rings. The van der Waals surface area contributed by atoms with Crippen molar-refractivity contribution in [2.24, 2.45) is 0 Å². The summed E-state index contributed by atoms with van der Waals surface area (Å²) in [5.74, 6) is 0. The molecule has 3 rings (SSSR count). The van der Waals surface area contributed by atoms with Crippen molar-refractivity contribution in [1.82, 2.24) is 0 Å². The molecule has 1 saturated heterocycles. The second kappa shape index (κ2) is 9.97. The summed E-state index contributed by atoms with van der Waals surface area (Å²) in [4.78, 5) is 11.7. The molecule has 2 aromatic carbocycles. The molecule has 0 N–H and O–H groups in total. The molecule has 0 radical (unpaired) electrons. The highest BCUT2D eigenvalue weighted by molar-refractivity contribution is 6.64. The topological polar surface area (TPSA) is 54.0 Å². The number of ether oxygens (including phenoxy) is 4. The minimum atomic E-state index is -0.783. The van der Waals surface area contributed by atoms with Crippen molar-refractivity contribution in [3.63, 3.8) is 0 Å². The molecule has 0 unspecified atom stereocenters. The van der Waals surface area contributed by atoms with Gasteiger partial charge in [0.1, 0.15) is 12.2 Å². The Labute approximate surface area is 164 Å². The van der Waals surface area contributed by atoms with Crippen molar-refractivity contribution < 1.29 is 23.7 Å². The molecule has 0 aliphatic carbocycles. The molecule has 1 aliphatic rings. The largest absolute Gasteiger partial charge is 0.371 e. The van der Waals surface area contributed by atoms with E-state index in [1.54, 1.807) is 0 Å². The number of carbonyl (C=O) groups excluding carboxylic acids is 1. The summed E-state index contributed by atoms with van der Waals surface area (Å²) >= 11 is 5.67. The smallest absolute Gasteiger partial charge is 0.250 e. The maximum atomic E-state index is 11.7. The maximum absolute atomic E-state index is 11.7. The van der Waals surface area contributed by atoms with Crippen LogP contribution in [0.15, 0.2) is 60.7 Å². The number of hydrogen-bond donors (Lipinski definition) is 0. The van der Waals surface area contributed by atoms with Gasteiger partial charge in [0, 0.05) is 13.5 Å². The number of hydrogen-bond acceptors (Lipinski definition) is 5. The highest BCUT2D eigenvalue weighted by Gasteiger charge is 2.42. The normalized spacial score (nSPS) is 25.3. The first kappa shape index (κ1) is 20.0. The number of carbonyl (C=O) groups is 1. The number of halogens is 1. The van der Waals surface area contributed by atoms with Crippen molar-refractivity contribution >= 4 is 16.8 Å². The van der Waals surface area contributed by atoms with Crippen LogP contribution in [0.5, 0.6) is 0 Å². The Kier molecular flexibility index (Phi) is 7.38. The monoisotopic (exact) mass is 390 g/mol. The zero-order valence-electron chi connectivity index (χ0n) is 15.1. The summed E-state index contributed by atoms with van der Waals surface area (Å²) in [6.07, 6.45) is -2.08. The third kappa shape index (κ3) is 5.61. The van der Waals surface area contributed by atoms with E-state index in [1.807, 2.05) is 60.7 Å². The van der Waals surface area contributed by atoms with E-state index < -0.39 is 23.7 Å². The lowest BCUT2D eigenvalue weighted by Crippen LogP contribution is -2.52. The molecule has 0 amide bonds. The van der Waals surface area contributed by atoms with Crippen molar-refractivity contribution in [3.8, 4) is 0 Å². The summed E-state index contributed by atoms with van der Waals surface area (Å²) < 4.78 is 23.2. The molecule has 1 aliphatic heterocycles. The van der Waals surface area contributed by atoms with Crippen LogP contribution < -0.4 is 0 Å². The minimum absolute atomic E-state index is 0.314. The first-order valence-corrected chi connectivity index (χ1v) is 9.24. The molecule has 5 nitrogen and oxygen atoms in total. The van der Waals surface area contributed by atoms with Crippen LogP contribution in [-0.4, -0.2) is 37.0 Å². The Hall–Kier alpha value is -1.76. The van der Waals surface area contributed by atoms with Crippen LogP contribution in [0.3, 0.4) is 0 Å². The molecule has 0 saturated carbocycles. The Balaban J connectivity index is 1.71. The molecule has 1 fully saturated rings. The summed E-state index contributed by atoms with van der Waals surface area (Å²) in [5, 5.41) is -0.563. The zero-order chi connectivity index (χ0) is 19.1. The van der Waals surface area contributed by atoms with E-state index in [-0.39, 0.29) is 6.10 Å². The van der Waals surface area contributed by atoms with Gasteiger partial charge in [0.15, 0.2) is 6.29 Å². The van der Waals surface area contributed by atoms with E-state index in [4.69, 9.17) is 30.5 Å². The third-order valence-electron chi connectivity index (χ3n) is 4.46. The first-order valence-electron chi connectivity index (χ1n) is 8.86. The molecule has 0 bridgehead atoms. The van der Waals surface area contributed by atoms with Gasteiger partial charge in [-0.25, -0.2) is 0 Å². The van der Waals surface area contributed by atoms with Crippen LogP contribution in [0.25, 0.3) is 0 Å². The number of methoxy groups -OCH3 is 1. The third-order valence-corrected chi connectivity index (χ3v) is 4.70. The van der Waals surface area contributed by atoms with Crippen LogP contribution in [0, 0.1) is 0 Å². The predicted octanol–water partition coefficient (Wildman–Crippen LogP) is 3.68. The van der Waals surface area contributed by atoms with Crippen LogP contribution in [0.1, 0.15) is 17.5 Å². The summed E-state index contributed by atoms with van der Waals surface area (Å²) in [7, 11) is 1.51. The van der Waals surface area contributed by atoms with Crippen molar-refractivity contribution in [2.75, 3.05) is 7.11 Å². The lowest BCUT2D eigenvalue weighted by atomic mass is 10.0. The van der Waals surface area contributed by atoms with E-state index in [2.05, 4.69) is 0 Å². The van der Waals surface area contributed by atoms with E-state index in [1.165, 1.54) is 7.11 Å². The average molecular weight is 391 g/mol. The second-order valence-electron chi connectivity index (χ2n) is 6.36. The molecule has 0 aromatic heterocycles. The fourth-order valence-corrected chi connectivity index (χ4v) is 3.18. The van der Waals surface area contributed by atoms with E-state index in [0.29, 0.717) is 19.6 Å². The lowest BCUT2D eigenvalue weighted by Gasteiger charge is -2.39. The van der Waals surface area contributed by atoms with Crippen LogP contribution >= 0.6 is 11.6 Å². The van der Waals surface area contributed by atoms with Gasteiger partial charge in [0.2, 0.25) is 0 Å².